The van der Waals surface area contributed by atoms with Crippen molar-refractivity contribution in [1.82, 2.24) is 0 Å². The number of benzene rings is 6. The summed E-state index contributed by atoms with van der Waals surface area (Å²) in [5, 5.41) is 5.01. The third-order valence-electron chi connectivity index (χ3n) is 7.47. The normalized spacial score (nSPS) is 11.4. The number of aryl methyl sites for hydroxylation is 3. The van der Waals surface area contributed by atoms with E-state index >= 15 is 0 Å². The van der Waals surface area contributed by atoms with Crippen LogP contribution in [0, 0.1) is 20.8 Å². The van der Waals surface area contributed by atoms with Crippen LogP contribution in [-0.4, -0.2) is 7.11 Å². The lowest BCUT2D eigenvalue weighted by molar-refractivity contribution is 0.185. The van der Waals surface area contributed by atoms with E-state index in [1.807, 2.05) is 0 Å². The summed E-state index contributed by atoms with van der Waals surface area (Å²) in [6.45, 7) is 7.06. The van der Waals surface area contributed by atoms with Gasteiger partial charge in [0.15, 0.2) is 0 Å². The first kappa shape index (κ1) is 24.2. The second kappa shape index (κ2) is 9.93. The Balaban J connectivity index is 1.85. The Morgan fingerprint density at radius 2 is 1.16 bits per heavy atom. The van der Waals surface area contributed by atoms with E-state index in [4.69, 9.17) is 4.74 Å². The van der Waals surface area contributed by atoms with Crippen LogP contribution in [0.3, 0.4) is 0 Å². The van der Waals surface area contributed by atoms with Crippen LogP contribution in [0.2, 0.25) is 0 Å². The van der Waals surface area contributed by atoms with Crippen LogP contribution in [-0.2, 0) is 11.3 Å². The van der Waals surface area contributed by atoms with E-state index in [9.17, 15) is 0 Å². The Hall–Kier alpha value is -4.20. The molecule has 0 aliphatic heterocycles. The van der Waals surface area contributed by atoms with Gasteiger partial charge in [0.05, 0.1) is 6.61 Å². The molecule has 0 amide bonds. The molecule has 38 heavy (non-hydrogen) atoms. The molecule has 0 aliphatic carbocycles. The van der Waals surface area contributed by atoms with Crippen molar-refractivity contribution in [3.8, 4) is 33.4 Å². The fourth-order valence-corrected chi connectivity index (χ4v) is 5.75. The minimum absolute atomic E-state index is 0.564. The van der Waals surface area contributed by atoms with E-state index in [2.05, 4.69) is 130 Å². The first-order valence-electron chi connectivity index (χ1n) is 13.2. The zero-order valence-corrected chi connectivity index (χ0v) is 22.5. The number of methoxy groups -OCH3 is 1. The molecule has 0 aliphatic rings. The van der Waals surface area contributed by atoms with Gasteiger partial charge in [-0.05, 0) is 99.5 Å². The Labute approximate surface area is 225 Å². The summed E-state index contributed by atoms with van der Waals surface area (Å²) in [6.07, 6.45) is 0. The molecule has 0 atom stereocenters. The molecule has 6 rings (SSSR count). The highest BCUT2D eigenvalue weighted by atomic mass is 16.5. The zero-order valence-electron chi connectivity index (χ0n) is 22.5. The van der Waals surface area contributed by atoms with E-state index in [1.54, 1.807) is 7.11 Å². The molecule has 0 radical (unpaired) electrons. The standard InChI is InChI=1S/C37H32O/c1-24-9-7-13-29(17-24)34-22-31-20-27-11-5-6-12-28(27)21-35(31)37(36(34)30-14-8-10-25(2)18-30)33-16-15-26(3)19-32(33)23-38-4/h5-22H,23H2,1-4H3. The fraction of sp³-hybridized carbons (Fsp3) is 0.135. The lowest BCUT2D eigenvalue weighted by Gasteiger charge is -2.22. The predicted molar refractivity (Wildman–Crippen MR) is 163 cm³/mol. The number of rotatable bonds is 5. The maximum atomic E-state index is 5.72. The SMILES string of the molecule is COCc1cc(C)ccc1-c1c(-c2cccc(C)c2)c(-c2cccc(C)c2)cc2cc3ccccc3cc12. The van der Waals surface area contributed by atoms with Crippen LogP contribution in [0.15, 0.2) is 109 Å². The van der Waals surface area contributed by atoms with Crippen LogP contribution in [0.4, 0.5) is 0 Å². The molecule has 0 aromatic heterocycles. The highest BCUT2D eigenvalue weighted by Gasteiger charge is 2.21. The summed E-state index contributed by atoms with van der Waals surface area (Å²) in [6, 6.07) is 40.3. The molecular formula is C37H32O. The maximum absolute atomic E-state index is 5.72. The van der Waals surface area contributed by atoms with Crippen LogP contribution in [0.5, 0.6) is 0 Å². The van der Waals surface area contributed by atoms with E-state index < -0.39 is 0 Å². The van der Waals surface area contributed by atoms with Gasteiger partial charge in [-0.3, -0.25) is 0 Å². The van der Waals surface area contributed by atoms with Gasteiger partial charge < -0.3 is 4.74 Å². The summed E-state index contributed by atoms with van der Waals surface area (Å²) < 4.78 is 5.72. The van der Waals surface area contributed by atoms with Gasteiger partial charge in [-0.1, -0.05) is 108 Å². The number of hydrogen-bond acceptors (Lipinski definition) is 1. The van der Waals surface area contributed by atoms with Crippen LogP contribution >= 0.6 is 0 Å². The average molecular weight is 493 g/mol. The predicted octanol–water partition coefficient (Wildman–Crippen LogP) is 10.1. The van der Waals surface area contributed by atoms with Crippen molar-refractivity contribution in [3.05, 3.63) is 131 Å². The fourth-order valence-electron chi connectivity index (χ4n) is 5.75. The molecule has 1 heteroatoms. The second-order valence-corrected chi connectivity index (χ2v) is 10.4. The van der Waals surface area contributed by atoms with Crippen LogP contribution in [0.25, 0.3) is 54.9 Å². The van der Waals surface area contributed by atoms with Crippen molar-refractivity contribution in [1.29, 1.82) is 0 Å². The summed E-state index contributed by atoms with van der Waals surface area (Å²) in [5.41, 5.74) is 12.4. The minimum Gasteiger partial charge on any atom is -0.380 e. The number of hydrogen-bond donors (Lipinski definition) is 0. The van der Waals surface area contributed by atoms with Gasteiger partial charge in [0.1, 0.15) is 0 Å². The number of ether oxygens (including phenoxy) is 1. The van der Waals surface area contributed by atoms with Crippen molar-refractivity contribution in [2.45, 2.75) is 27.4 Å². The Bertz CT molecular complexity index is 1810. The highest BCUT2D eigenvalue weighted by molar-refractivity contribution is 6.13. The van der Waals surface area contributed by atoms with Gasteiger partial charge >= 0.3 is 0 Å². The highest BCUT2D eigenvalue weighted by Crippen LogP contribution is 2.47. The topological polar surface area (TPSA) is 9.23 Å². The average Bonchev–Trinajstić information content (AvgIpc) is 2.91. The molecular weight excluding hydrogens is 460 g/mol. The van der Waals surface area contributed by atoms with Gasteiger partial charge in [0.25, 0.3) is 0 Å². The third kappa shape index (κ3) is 4.40. The molecule has 6 aromatic carbocycles. The zero-order chi connectivity index (χ0) is 26.2. The first-order valence-corrected chi connectivity index (χ1v) is 13.2. The van der Waals surface area contributed by atoms with E-state index in [0.717, 1.165) is 0 Å². The van der Waals surface area contributed by atoms with E-state index in [-0.39, 0.29) is 0 Å². The quantitative estimate of drug-likeness (QED) is 0.218. The molecule has 6 aromatic rings. The molecule has 0 bridgehead atoms. The molecule has 0 heterocycles. The molecule has 0 saturated heterocycles. The summed E-state index contributed by atoms with van der Waals surface area (Å²) in [7, 11) is 1.78. The Kier molecular flexibility index (Phi) is 6.31. The summed E-state index contributed by atoms with van der Waals surface area (Å²) in [5.74, 6) is 0. The van der Waals surface area contributed by atoms with Crippen molar-refractivity contribution in [2.24, 2.45) is 0 Å². The molecule has 0 spiro atoms. The molecule has 1 nitrogen and oxygen atoms in total. The molecule has 0 unspecified atom stereocenters. The van der Waals surface area contributed by atoms with E-state index in [0.29, 0.717) is 6.61 Å². The molecule has 0 N–H and O–H groups in total. The van der Waals surface area contributed by atoms with Crippen molar-refractivity contribution in [2.75, 3.05) is 7.11 Å². The second-order valence-electron chi connectivity index (χ2n) is 10.4. The van der Waals surface area contributed by atoms with Crippen molar-refractivity contribution >= 4 is 21.5 Å². The van der Waals surface area contributed by atoms with Crippen LogP contribution in [0.1, 0.15) is 22.3 Å². The minimum atomic E-state index is 0.564. The lowest BCUT2D eigenvalue weighted by atomic mass is 9.81. The number of fused-ring (bicyclic) bond motifs is 2. The maximum Gasteiger partial charge on any atom is 0.0719 e. The van der Waals surface area contributed by atoms with Crippen molar-refractivity contribution in [3.63, 3.8) is 0 Å². The summed E-state index contributed by atoms with van der Waals surface area (Å²) in [4.78, 5) is 0. The van der Waals surface area contributed by atoms with E-state index in [1.165, 1.54) is 77.2 Å². The summed E-state index contributed by atoms with van der Waals surface area (Å²) >= 11 is 0. The van der Waals surface area contributed by atoms with Crippen molar-refractivity contribution < 1.29 is 4.74 Å². The lowest BCUT2D eigenvalue weighted by Crippen LogP contribution is -1.98. The molecule has 0 fully saturated rings. The first-order chi connectivity index (χ1) is 18.5. The van der Waals surface area contributed by atoms with Gasteiger partial charge in [-0.25, -0.2) is 0 Å². The van der Waals surface area contributed by atoms with Gasteiger partial charge in [0.2, 0.25) is 0 Å². The largest absolute Gasteiger partial charge is 0.380 e. The molecule has 0 saturated carbocycles. The third-order valence-corrected chi connectivity index (χ3v) is 7.47. The van der Waals surface area contributed by atoms with Gasteiger partial charge in [-0.15, -0.1) is 0 Å². The Morgan fingerprint density at radius 1 is 0.500 bits per heavy atom. The molecule has 186 valence electrons. The Morgan fingerprint density at radius 3 is 1.87 bits per heavy atom. The monoisotopic (exact) mass is 492 g/mol. The van der Waals surface area contributed by atoms with Crippen LogP contribution < -0.4 is 0 Å². The van der Waals surface area contributed by atoms with Gasteiger partial charge in [-0.2, -0.15) is 0 Å². The van der Waals surface area contributed by atoms with Gasteiger partial charge in [0, 0.05) is 7.11 Å². The smallest absolute Gasteiger partial charge is 0.0719 e.